The van der Waals surface area contributed by atoms with Crippen LogP contribution in [0.15, 0.2) is 42.6 Å². The Labute approximate surface area is 110 Å². The SMILES string of the molecule is CNCc1ccccc1NC(=O)c1ccc(F)cn1. The Kier molecular flexibility index (Phi) is 4.20. The van der Waals surface area contributed by atoms with Crippen molar-refractivity contribution in [2.45, 2.75) is 6.54 Å². The number of carbonyl (C=O) groups is 1. The largest absolute Gasteiger partial charge is 0.320 e. The van der Waals surface area contributed by atoms with Gasteiger partial charge in [0.05, 0.1) is 6.20 Å². The average molecular weight is 259 g/mol. The second kappa shape index (κ2) is 6.06. The minimum Gasteiger partial charge on any atom is -0.320 e. The van der Waals surface area contributed by atoms with Gasteiger partial charge in [-0.15, -0.1) is 0 Å². The molecule has 0 bridgehead atoms. The molecule has 5 heteroatoms. The third-order valence-electron chi connectivity index (χ3n) is 2.59. The van der Waals surface area contributed by atoms with E-state index in [1.165, 1.54) is 12.1 Å². The van der Waals surface area contributed by atoms with Gasteiger partial charge in [0, 0.05) is 12.2 Å². The van der Waals surface area contributed by atoms with Crippen LogP contribution >= 0.6 is 0 Å². The Bertz CT molecular complexity index is 569. The van der Waals surface area contributed by atoms with Crippen LogP contribution in [0.25, 0.3) is 0 Å². The van der Waals surface area contributed by atoms with Crippen molar-refractivity contribution in [1.82, 2.24) is 10.3 Å². The van der Waals surface area contributed by atoms with Gasteiger partial charge in [-0.05, 0) is 30.8 Å². The number of nitrogens with one attached hydrogen (secondary N) is 2. The predicted molar refractivity (Wildman–Crippen MR) is 71.4 cm³/mol. The summed E-state index contributed by atoms with van der Waals surface area (Å²) < 4.78 is 12.7. The summed E-state index contributed by atoms with van der Waals surface area (Å²) in [6.45, 7) is 0.646. The van der Waals surface area contributed by atoms with Gasteiger partial charge in [-0.25, -0.2) is 9.37 Å². The highest BCUT2D eigenvalue weighted by Gasteiger charge is 2.09. The van der Waals surface area contributed by atoms with Crippen molar-refractivity contribution in [1.29, 1.82) is 0 Å². The van der Waals surface area contributed by atoms with Crippen LogP contribution in [0, 0.1) is 5.82 Å². The van der Waals surface area contributed by atoms with Crippen LogP contribution in [0.4, 0.5) is 10.1 Å². The molecule has 2 rings (SSSR count). The molecule has 4 nitrogen and oxygen atoms in total. The molecule has 0 aliphatic rings. The Balaban J connectivity index is 2.16. The van der Waals surface area contributed by atoms with Gasteiger partial charge >= 0.3 is 0 Å². The summed E-state index contributed by atoms with van der Waals surface area (Å²) in [5.74, 6) is -0.823. The number of hydrogen-bond donors (Lipinski definition) is 2. The zero-order valence-electron chi connectivity index (χ0n) is 10.5. The second-order valence-corrected chi connectivity index (χ2v) is 4.00. The van der Waals surface area contributed by atoms with Gasteiger partial charge in [0.1, 0.15) is 11.5 Å². The molecule has 0 fully saturated rings. The molecule has 0 radical (unpaired) electrons. The van der Waals surface area contributed by atoms with Gasteiger partial charge in [-0.3, -0.25) is 4.79 Å². The quantitative estimate of drug-likeness (QED) is 0.885. The minimum absolute atomic E-state index is 0.181. The maximum absolute atomic E-state index is 12.7. The van der Waals surface area contributed by atoms with Crippen LogP contribution < -0.4 is 10.6 Å². The number of nitrogens with zero attached hydrogens (tertiary/aromatic N) is 1. The van der Waals surface area contributed by atoms with E-state index in [9.17, 15) is 9.18 Å². The lowest BCUT2D eigenvalue weighted by Gasteiger charge is -2.10. The molecule has 1 aromatic carbocycles. The number of rotatable bonds is 4. The number of pyridine rings is 1. The molecular weight excluding hydrogens is 245 g/mol. The first-order chi connectivity index (χ1) is 9.20. The van der Waals surface area contributed by atoms with Gasteiger partial charge in [0.15, 0.2) is 0 Å². The summed E-state index contributed by atoms with van der Waals surface area (Å²) in [6, 6.07) is 10.0. The molecule has 0 unspecified atom stereocenters. The summed E-state index contributed by atoms with van der Waals surface area (Å²) in [5, 5.41) is 5.80. The molecule has 0 spiro atoms. The van der Waals surface area contributed by atoms with Crippen LogP contribution in [0.2, 0.25) is 0 Å². The first kappa shape index (κ1) is 13.2. The number of para-hydroxylation sites is 1. The van der Waals surface area contributed by atoms with E-state index >= 15 is 0 Å². The molecule has 2 N–H and O–H groups in total. The van der Waals surface area contributed by atoms with Crippen LogP contribution in [-0.2, 0) is 6.54 Å². The Morgan fingerprint density at radius 3 is 2.74 bits per heavy atom. The molecule has 0 saturated carbocycles. The highest BCUT2D eigenvalue weighted by molar-refractivity contribution is 6.03. The van der Waals surface area contributed by atoms with Crippen LogP contribution in [-0.4, -0.2) is 17.9 Å². The first-order valence-electron chi connectivity index (χ1n) is 5.86. The zero-order valence-corrected chi connectivity index (χ0v) is 10.5. The molecule has 2 aromatic rings. The van der Waals surface area contributed by atoms with Crippen LogP contribution in [0.3, 0.4) is 0 Å². The van der Waals surface area contributed by atoms with Crippen molar-refractivity contribution in [2.24, 2.45) is 0 Å². The lowest BCUT2D eigenvalue weighted by molar-refractivity contribution is 0.102. The normalized spacial score (nSPS) is 10.2. The van der Waals surface area contributed by atoms with Gasteiger partial charge in [0.2, 0.25) is 0 Å². The number of halogens is 1. The molecule has 1 aromatic heterocycles. The second-order valence-electron chi connectivity index (χ2n) is 4.00. The van der Waals surface area contributed by atoms with E-state index < -0.39 is 5.82 Å². The van der Waals surface area contributed by atoms with E-state index in [1.807, 2.05) is 31.3 Å². The van der Waals surface area contributed by atoms with E-state index in [1.54, 1.807) is 0 Å². The van der Waals surface area contributed by atoms with E-state index in [0.717, 1.165) is 11.8 Å². The minimum atomic E-state index is -0.466. The Hall–Kier alpha value is -2.27. The summed E-state index contributed by atoms with van der Waals surface area (Å²) >= 11 is 0. The molecule has 19 heavy (non-hydrogen) atoms. The van der Waals surface area contributed by atoms with Gasteiger partial charge in [-0.1, -0.05) is 18.2 Å². The Morgan fingerprint density at radius 2 is 2.05 bits per heavy atom. The zero-order chi connectivity index (χ0) is 13.7. The molecule has 1 heterocycles. The van der Waals surface area contributed by atoms with E-state index in [2.05, 4.69) is 15.6 Å². The molecule has 1 amide bonds. The number of hydrogen-bond acceptors (Lipinski definition) is 3. The predicted octanol–water partition coefficient (Wildman–Crippen LogP) is 2.19. The molecular formula is C14H14FN3O. The fraction of sp³-hybridized carbons (Fsp3) is 0.143. The fourth-order valence-corrected chi connectivity index (χ4v) is 1.68. The first-order valence-corrected chi connectivity index (χ1v) is 5.86. The lowest BCUT2D eigenvalue weighted by Crippen LogP contribution is -2.16. The van der Waals surface area contributed by atoms with Crippen molar-refractivity contribution < 1.29 is 9.18 Å². The van der Waals surface area contributed by atoms with Gasteiger partial charge in [-0.2, -0.15) is 0 Å². The molecule has 98 valence electrons. The third kappa shape index (κ3) is 3.35. The van der Waals surface area contributed by atoms with E-state index in [-0.39, 0.29) is 11.6 Å². The standard InChI is InChI=1S/C14H14FN3O/c1-16-8-10-4-2-3-5-12(10)18-14(19)13-7-6-11(15)9-17-13/h2-7,9,16H,8H2,1H3,(H,18,19). The van der Waals surface area contributed by atoms with Crippen molar-refractivity contribution in [3.8, 4) is 0 Å². The van der Waals surface area contributed by atoms with Crippen molar-refractivity contribution in [3.63, 3.8) is 0 Å². The topological polar surface area (TPSA) is 54.0 Å². The number of carbonyl (C=O) groups excluding carboxylic acids is 1. The van der Waals surface area contributed by atoms with E-state index in [0.29, 0.717) is 12.2 Å². The highest BCUT2D eigenvalue weighted by Crippen LogP contribution is 2.15. The molecule has 0 atom stereocenters. The number of benzene rings is 1. The summed E-state index contributed by atoms with van der Waals surface area (Å²) in [5.41, 5.74) is 1.87. The number of aromatic nitrogens is 1. The van der Waals surface area contributed by atoms with Crippen LogP contribution in [0.5, 0.6) is 0 Å². The van der Waals surface area contributed by atoms with Crippen molar-refractivity contribution in [2.75, 3.05) is 12.4 Å². The lowest BCUT2D eigenvalue weighted by atomic mass is 10.1. The van der Waals surface area contributed by atoms with Crippen LogP contribution in [0.1, 0.15) is 16.1 Å². The maximum atomic E-state index is 12.7. The Morgan fingerprint density at radius 1 is 1.26 bits per heavy atom. The maximum Gasteiger partial charge on any atom is 0.274 e. The summed E-state index contributed by atoms with van der Waals surface area (Å²) in [4.78, 5) is 15.7. The molecule has 0 aliphatic carbocycles. The number of anilines is 1. The summed E-state index contributed by atoms with van der Waals surface area (Å²) in [7, 11) is 1.83. The van der Waals surface area contributed by atoms with Crippen molar-refractivity contribution >= 4 is 11.6 Å². The van der Waals surface area contributed by atoms with E-state index in [4.69, 9.17) is 0 Å². The van der Waals surface area contributed by atoms with Crippen molar-refractivity contribution in [3.05, 3.63) is 59.7 Å². The number of amides is 1. The molecule has 0 saturated heterocycles. The highest BCUT2D eigenvalue weighted by atomic mass is 19.1. The van der Waals surface area contributed by atoms with Gasteiger partial charge in [0.25, 0.3) is 5.91 Å². The average Bonchev–Trinajstić information content (AvgIpc) is 2.42. The molecule has 0 aliphatic heterocycles. The fourth-order valence-electron chi connectivity index (χ4n) is 1.68. The smallest absolute Gasteiger partial charge is 0.274 e. The summed E-state index contributed by atoms with van der Waals surface area (Å²) in [6.07, 6.45) is 1.02. The third-order valence-corrected chi connectivity index (χ3v) is 2.59. The monoisotopic (exact) mass is 259 g/mol. The van der Waals surface area contributed by atoms with Gasteiger partial charge < -0.3 is 10.6 Å².